The molecule has 1 spiro atoms. The molecule has 216 valence electrons. The van der Waals surface area contributed by atoms with Gasteiger partial charge in [-0.3, -0.25) is 4.79 Å². The van der Waals surface area contributed by atoms with Crippen molar-refractivity contribution < 1.29 is 4.79 Å². The number of para-hydroxylation sites is 1. The maximum atomic E-state index is 15.3. The van der Waals surface area contributed by atoms with E-state index in [-0.39, 0.29) is 5.78 Å². The predicted molar refractivity (Wildman–Crippen MR) is 183 cm³/mol. The minimum absolute atomic E-state index is 0.139. The Labute approximate surface area is 261 Å². The van der Waals surface area contributed by atoms with E-state index in [0.717, 1.165) is 40.7 Å². The summed E-state index contributed by atoms with van der Waals surface area (Å²) >= 11 is 0. The molecule has 7 rings (SSSR count). The van der Waals surface area contributed by atoms with Crippen LogP contribution >= 0.6 is 0 Å². The lowest BCUT2D eigenvalue weighted by Gasteiger charge is -2.55. The summed E-state index contributed by atoms with van der Waals surface area (Å²) in [6.07, 6.45) is 6.57. The fourth-order valence-electron chi connectivity index (χ4n) is 8.09. The first-order chi connectivity index (χ1) is 21.6. The molecule has 1 aliphatic heterocycles. The minimum Gasteiger partial charge on any atom is -0.363 e. The van der Waals surface area contributed by atoms with Crippen LogP contribution in [0.2, 0.25) is 0 Å². The van der Waals surface area contributed by atoms with Crippen LogP contribution in [0.1, 0.15) is 52.4 Å². The van der Waals surface area contributed by atoms with Crippen LogP contribution in [0.4, 0.5) is 5.69 Å². The number of hydrogen-bond donors (Lipinski definition) is 0. The third kappa shape index (κ3) is 4.12. The van der Waals surface area contributed by atoms with Crippen molar-refractivity contribution in [2.24, 2.45) is 5.92 Å². The standard InChI is InChI=1S/C42H37NO/c1-3-28-41(35-24-14-7-15-25-35)37-26-16-17-27-38(37)43(2)42(41)30-34(31-18-8-4-9-19-31)29-36(32-20-10-5-11-21-32)39(42)40(44)33-22-12-6-13-23-33/h4-27,29-30,39H,3,28H2,1-2H3/t39-,41+,42-/m0/s1. The Morgan fingerprint density at radius 3 is 1.86 bits per heavy atom. The van der Waals surface area contributed by atoms with Gasteiger partial charge < -0.3 is 4.90 Å². The Balaban J connectivity index is 1.65. The number of Topliss-reactive ketones (excluding diaryl/α,β-unsaturated/α-hetero) is 1. The first-order valence-electron chi connectivity index (χ1n) is 15.7. The van der Waals surface area contributed by atoms with E-state index in [4.69, 9.17) is 0 Å². The molecule has 5 aromatic carbocycles. The number of nitrogens with zero attached hydrogens (tertiary/aromatic N) is 1. The van der Waals surface area contributed by atoms with Gasteiger partial charge in [0.2, 0.25) is 0 Å². The number of carbonyl (C=O) groups excluding carboxylic acids is 1. The molecule has 2 heteroatoms. The zero-order valence-electron chi connectivity index (χ0n) is 25.4. The van der Waals surface area contributed by atoms with E-state index in [0.29, 0.717) is 0 Å². The summed E-state index contributed by atoms with van der Waals surface area (Å²) in [6, 6.07) is 50.8. The van der Waals surface area contributed by atoms with Gasteiger partial charge in [0.1, 0.15) is 0 Å². The van der Waals surface area contributed by atoms with Gasteiger partial charge in [0.25, 0.3) is 0 Å². The number of carbonyl (C=O) groups is 1. The lowest BCUT2D eigenvalue weighted by Crippen LogP contribution is -2.63. The Morgan fingerprint density at radius 2 is 1.23 bits per heavy atom. The Hall–Kier alpha value is -4.95. The number of fused-ring (bicyclic) bond motifs is 1. The van der Waals surface area contributed by atoms with Crippen molar-refractivity contribution >= 4 is 22.6 Å². The van der Waals surface area contributed by atoms with E-state index in [1.54, 1.807) is 0 Å². The fraction of sp³-hybridized carbons (Fsp3) is 0.167. The van der Waals surface area contributed by atoms with Crippen LogP contribution in [0.25, 0.3) is 11.1 Å². The van der Waals surface area contributed by atoms with Crippen molar-refractivity contribution in [3.05, 3.63) is 186 Å². The topological polar surface area (TPSA) is 20.3 Å². The zero-order valence-corrected chi connectivity index (χ0v) is 25.4. The Bertz CT molecular complexity index is 1840. The largest absolute Gasteiger partial charge is 0.363 e. The second-order valence-corrected chi connectivity index (χ2v) is 12.0. The van der Waals surface area contributed by atoms with Crippen molar-refractivity contribution in [1.82, 2.24) is 0 Å². The van der Waals surface area contributed by atoms with Crippen LogP contribution in [0, 0.1) is 5.92 Å². The zero-order chi connectivity index (χ0) is 30.1. The Kier molecular flexibility index (Phi) is 7.14. The molecule has 0 saturated carbocycles. The molecule has 0 saturated heterocycles. The van der Waals surface area contributed by atoms with Gasteiger partial charge in [0, 0.05) is 18.3 Å². The number of rotatable bonds is 7. The smallest absolute Gasteiger partial charge is 0.173 e. The quantitative estimate of drug-likeness (QED) is 0.181. The molecule has 5 aromatic rings. The van der Waals surface area contributed by atoms with Crippen molar-refractivity contribution in [3.8, 4) is 0 Å². The van der Waals surface area contributed by atoms with E-state index >= 15 is 4.79 Å². The van der Waals surface area contributed by atoms with Gasteiger partial charge in [-0.2, -0.15) is 0 Å². The van der Waals surface area contributed by atoms with Gasteiger partial charge in [0.15, 0.2) is 5.78 Å². The number of hydrogen-bond acceptors (Lipinski definition) is 2. The first kappa shape index (κ1) is 27.9. The third-order valence-electron chi connectivity index (χ3n) is 9.83. The summed E-state index contributed by atoms with van der Waals surface area (Å²) in [5.41, 5.74) is 7.59. The molecule has 0 bridgehead atoms. The maximum absolute atomic E-state index is 15.3. The highest BCUT2D eigenvalue weighted by molar-refractivity contribution is 6.10. The second kappa shape index (κ2) is 11.3. The predicted octanol–water partition coefficient (Wildman–Crippen LogP) is 9.64. The monoisotopic (exact) mass is 571 g/mol. The highest BCUT2D eigenvalue weighted by atomic mass is 16.1. The molecular formula is C42H37NO. The first-order valence-corrected chi connectivity index (χ1v) is 15.7. The Morgan fingerprint density at radius 1 is 0.682 bits per heavy atom. The molecule has 1 aliphatic carbocycles. The number of ketones is 1. The van der Waals surface area contributed by atoms with Gasteiger partial charge in [-0.25, -0.2) is 0 Å². The summed E-state index contributed by atoms with van der Waals surface area (Å²) in [5, 5.41) is 0. The number of allylic oxidation sites excluding steroid dienone is 2. The number of benzene rings is 5. The summed E-state index contributed by atoms with van der Waals surface area (Å²) in [4.78, 5) is 17.8. The lowest BCUT2D eigenvalue weighted by atomic mass is 9.52. The molecule has 0 fully saturated rings. The molecule has 0 unspecified atom stereocenters. The van der Waals surface area contributed by atoms with E-state index in [9.17, 15) is 0 Å². The molecule has 0 radical (unpaired) electrons. The van der Waals surface area contributed by atoms with Gasteiger partial charge in [-0.1, -0.05) is 153 Å². The van der Waals surface area contributed by atoms with E-state index in [1.165, 1.54) is 16.8 Å². The van der Waals surface area contributed by atoms with Crippen molar-refractivity contribution in [3.63, 3.8) is 0 Å². The molecule has 0 amide bonds. The molecular weight excluding hydrogens is 534 g/mol. The summed E-state index contributed by atoms with van der Waals surface area (Å²) < 4.78 is 0. The normalized spacial score (nSPS) is 22.3. The van der Waals surface area contributed by atoms with Crippen molar-refractivity contribution in [1.29, 1.82) is 0 Å². The van der Waals surface area contributed by atoms with Crippen LogP contribution in [0.15, 0.2) is 158 Å². The average Bonchev–Trinajstić information content (AvgIpc) is 3.30. The molecule has 3 atom stereocenters. The summed E-state index contributed by atoms with van der Waals surface area (Å²) in [5.74, 6) is -0.343. The lowest BCUT2D eigenvalue weighted by molar-refractivity contribution is 0.0883. The molecule has 2 nitrogen and oxygen atoms in total. The number of anilines is 1. The van der Waals surface area contributed by atoms with Crippen molar-refractivity contribution in [2.75, 3.05) is 11.9 Å². The minimum atomic E-state index is -0.744. The van der Waals surface area contributed by atoms with Crippen LogP contribution in [0.3, 0.4) is 0 Å². The van der Waals surface area contributed by atoms with Gasteiger partial charge >= 0.3 is 0 Å². The van der Waals surface area contributed by atoms with E-state index in [2.05, 4.69) is 140 Å². The molecule has 0 aromatic heterocycles. The van der Waals surface area contributed by atoms with Gasteiger partial charge in [0.05, 0.1) is 16.9 Å². The van der Waals surface area contributed by atoms with Gasteiger partial charge in [-0.05, 0) is 58.0 Å². The van der Waals surface area contributed by atoms with Crippen LogP contribution in [-0.4, -0.2) is 18.4 Å². The van der Waals surface area contributed by atoms with E-state index < -0.39 is 16.9 Å². The second-order valence-electron chi connectivity index (χ2n) is 12.0. The molecule has 44 heavy (non-hydrogen) atoms. The summed E-state index contributed by atoms with van der Waals surface area (Å²) in [7, 11) is 2.21. The van der Waals surface area contributed by atoms with E-state index in [1.807, 2.05) is 36.4 Å². The highest BCUT2D eigenvalue weighted by Gasteiger charge is 2.66. The molecule has 1 heterocycles. The van der Waals surface area contributed by atoms with Gasteiger partial charge in [-0.15, -0.1) is 0 Å². The number of likely N-dealkylation sites (N-methyl/N-ethyl adjacent to an activating group) is 1. The third-order valence-corrected chi connectivity index (χ3v) is 9.83. The SMILES string of the molecule is CCC[C@@]1(c2ccccc2)c2ccccc2N(C)[C@]12C=C(c1ccccc1)C=C(c1ccccc1)[C@H]2C(=O)c1ccccc1. The highest BCUT2D eigenvalue weighted by Crippen LogP contribution is 2.64. The molecule has 0 N–H and O–H groups in total. The summed E-state index contributed by atoms with van der Waals surface area (Å²) in [6.45, 7) is 2.27. The maximum Gasteiger partial charge on any atom is 0.173 e. The van der Waals surface area contributed by atoms with Crippen LogP contribution < -0.4 is 4.90 Å². The average molecular weight is 572 g/mol. The van der Waals surface area contributed by atoms with Crippen LogP contribution in [0.5, 0.6) is 0 Å². The van der Waals surface area contributed by atoms with Crippen molar-refractivity contribution in [2.45, 2.75) is 30.7 Å². The molecule has 2 aliphatic rings. The fourth-order valence-corrected chi connectivity index (χ4v) is 8.09. The van der Waals surface area contributed by atoms with Crippen LogP contribution in [-0.2, 0) is 5.41 Å².